The summed E-state index contributed by atoms with van der Waals surface area (Å²) in [6.07, 6.45) is 1.73. The third kappa shape index (κ3) is 3.51. The van der Waals surface area contributed by atoms with E-state index in [1.54, 1.807) is 21.8 Å². The van der Waals surface area contributed by atoms with Crippen molar-refractivity contribution in [3.05, 3.63) is 46.8 Å². The van der Waals surface area contributed by atoms with Gasteiger partial charge >= 0.3 is 0 Å². The van der Waals surface area contributed by atoms with Crippen LogP contribution in [0.5, 0.6) is 0 Å². The second-order valence-corrected chi connectivity index (χ2v) is 8.31. The normalized spacial score (nSPS) is 11.8. The summed E-state index contributed by atoms with van der Waals surface area (Å²) in [4.78, 5) is 8.98. The Morgan fingerprint density at radius 1 is 1.18 bits per heavy atom. The van der Waals surface area contributed by atoms with Gasteiger partial charge in [0.1, 0.15) is 6.33 Å². The van der Waals surface area contributed by atoms with E-state index in [1.807, 2.05) is 29.6 Å². The SMILES string of the molecule is CC(C)(C)c1ncn(Sc2nc(-c3ccc(Cl)cc3)cs2)n1. The molecule has 0 atom stereocenters. The van der Waals surface area contributed by atoms with E-state index >= 15 is 0 Å². The highest BCUT2D eigenvalue weighted by Crippen LogP contribution is 2.29. The van der Waals surface area contributed by atoms with Gasteiger partial charge in [0, 0.05) is 33.3 Å². The first-order valence-electron chi connectivity index (χ1n) is 6.74. The minimum atomic E-state index is -0.0524. The summed E-state index contributed by atoms with van der Waals surface area (Å²) in [5.41, 5.74) is 1.95. The maximum absolute atomic E-state index is 5.91. The highest BCUT2D eigenvalue weighted by Gasteiger charge is 2.19. The Balaban J connectivity index is 1.77. The van der Waals surface area contributed by atoms with Gasteiger partial charge in [0.05, 0.1) is 5.69 Å². The van der Waals surface area contributed by atoms with Crippen LogP contribution in [0.3, 0.4) is 0 Å². The van der Waals surface area contributed by atoms with E-state index in [-0.39, 0.29) is 5.41 Å². The highest BCUT2D eigenvalue weighted by molar-refractivity contribution is 7.99. The molecule has 0 saturated heterocycles. The van der Waals surface area contributed by atoms with Gasteiger partial charge in [-0.15, -0.1) is 16.4 Å². The minimum Gasteiger partial charge on any atom is -0.228 e. The molecular weight excluding hydrogens is 336 g/mol. The summed E-state index contributed by atoms with van der Waals surface area (Å²) in [5, 5.41) is 7.25. The summed E-state index contributed by atoms with van der Waals surface area (Å²) in [5.74, 6) is 0.828. The fourth-order valence-electron chi connectivity index (χ4n) is 1.77. The molecule has 0 saturated carbocycles. The van der Waals surface area contributed by atoms with Crippen molar-refractivity contribution in [2.24, 2.45) is 0 Å². The molecular formula is C15H15ClN4S2. The molecule has 0 amide bonds. The fraction of sp³-hybridized carbons (Fsp3) is 0.267. The minimum absolute atomic E-state index is 0.0524. The van der Waals surface area contributed by atoms with Crippen LogP contribution in [0.1, 0.15) is 26.6 Å². The molecule has 0 bridgehead atoms. The van der Waals surface area contributed by atoms with Crippen molar-refractivity contribution in [1.29, 1.82) is 0 Å². The first kappa shape index (κ1) is 15.5. The summed E-state index contributed by atoms with van der Waals surface area (Å²) in [7, 11) is 0. The first-order chi connectivity index (χ1) is 10.4. The number of hydrogen-bond donors (Lipinski definition) is 0. The molecule has 2 aromatic heterocycles. The van der Waals surface area contributed by atoms with Gasteiger partial charge < -0.3 is 0 Å². The van der Waals surface area contributed by atoms with Crippen LogP contribution in [0.2, 0.25) is 5.02 Å². The number of thiazole rings is 1. The summed E-state index contributed by atoms with van der Waals surface area (Å²) in [6, 6.07) is 7.68. The van der Waals surface area contributed by atoms with Gasteiger partial charge in [-0.2, -0.15) is 4.09 Å². The van der Waals surface area contributed by atoms with E-state index in [2.05, 4.69) is 35.8 Å². The van der Waals surface area contributed by atoms with Gasteiger partial charge in [-0.3, -0.25) is 0 Å². The number of nitrogens with zero attached hydrogens (tertiary/aromatic N) is 4. The van der Waals surface area contributed by atoms with Crippen LogP contribution in [-0.4, -0.2) is 19.2 Å². The zero-order valence-electron chi connectivity index (χ0n) is 12.4. The molecule has 2 heterocycles. The molecule has 0 aliphatic heterocycles. The van der Waals surface area contributed by atoms with Crippen LogP contribution in [0, 0.1) is 0 Å². The quantitative estimate of drug-likeness (QED) is 0.673. The lowest BCUT2D eigenvalue weighted by Crippen LogP contribution is -2.13. The van der Waals surface area contributed by atoms with Gasteiger partial charge in [0.15, 0.2) is 10.2 Å². The molecule has 0 radical (unpaired) electrons. The Kier molecular flexibility index (Phi) is 4.25. The molecule has 1 aromatic carbocycles. The van der Waals surface area contributed by atoms with Gasteiger partial charge in [0.25, 0.3) is 0 Å². The number of hydrogen-bond acceptors (Lipinski definition) is 5. The third-order valence-corrected chi connectivity index (χ3v) is 4.95. The molecule has 3 aromatic rings. The van der Waals surface area contributed by atoms with Crippen LogP contribution in [0.25, 0.3) is 11.3 Å². The van der Waals surface area contributed by atoms with E-state index in [4.69, 9.17) is 11.6 Å². The number of aromatic nitrogens is 4. The Hall–Kier alpha value is -1.37. The summed E-state index contributed by atoms with van der Waals surface area (Å²) >= 11 is 8.97. The molecule has 0 unspecified atom stereocenters. The summed E-state index contributed by atoms with van der Waals surface area (Å²) in [6.45, 7) is 6.29. The largest absolute Gasteiger partial charge is 0.228 e. The van der Waals surface area contributed by atoms with Crippen molar-refractivity contribution < 1.29 is 0 Å². The predicted octanol–water partition coefficient (Wildman–Crippen LogP) is 4.91. The van der Waals surface area contributed by atoms with Crippen molar-refractivity contribution >= 4 is 34.9 Å². The lowest BCUT2D eigenvalue weighted by atomic mass is 9.96. The van der Waals surface area contributed by atoms with Crippen LogP contribution in [0.15, 0.2) is 40.3 Å². The van der Waals surface area contributed by atoms with Gasteiger partial charge in [0.2, 0.25) is 0 Å². The molecule has 0 aliphatic rings. The number of halogens is 1. The van der Waals surface area contributed by atoms with E-state index in [9.17, 15) is 0 Å². The monoisotopic (exact) mass is 350 g/mol. The van der Waals surface area contributed by atoms with E-state index < -0.39 is 0 Å². The van der Waals surface area contributed by atoms with Gasteiger partial charge in [-0.1, -0.05) is 44.5 Å². The van der Waals surface area contributed by atoms with Crippen molar-refractivity contribution in [2.75, 3.05) is 0 Å². The molecule has 0 fully saturated rings. The second-order valence-electron chi connectivity index (χ2n) is 5.82. The Labute approximate surface area is 142 Å². The average molecular weight is 351 g/mol. The van der Waals surface area contributed by atoms with Crippen molar-refractivity contribution in [1.82, 2.24) is 19.2 Å². The van der Waals surface area contributed by atoms with Crippen LogP contribution in [0.4, 0.5) is 0 Å². The standard InChI is InChI=1S/C15H15ClN4S2/c1-15(2,3)13-17-9-20(19-13)22-14-18-12(8-21-14)10-4-6-11(16)7-5-10/h4-9H,1-3H3. The number of rotatable bonds is 3. The first-order valence-corrected chi connectivity index (χ1v) is 8.77. The molecule has 0 aliphatic carbocycles. The Morgan fingerprint density at radius 2 is 1.91 bits per heavy atom. The van der Waals surface area contributed by atoms with Gasteiger partial charge in [-0.25, -0.2) is 9.97 Å². The topological polar surface area (TPSA) is 43.6 Å². The van der Waals surface area contributed by atoms with Gasteiger partial charge in [-0.05, 0) is 12.1 Å². The third-order valence-electron chi connectivity index (χ3n) is 2.94. The molecule has 114 valence electrons. The molecule has 22 heavy (non-hydrogen) atoms. The molecule has 3 rings (SSSR count). The smallest absolute Gasteiger partial charge is 0.173 e. The van der Waals surface area contributed by atoms with Crippen molar-refractivity contribution in [2.45, 2.75) is 30.5 Å². The van der Waals surface area contributed by atoms with Crippen molar-refractivity contribution in [3.63, 3.8) is 0 Å². The van der Waals surface area contributed by atoms with Crippen molar-refractivity contribution in [3.8, 4) is 11.3 Å². The maximum atomic E-state index is 5.91. The maximum Gasteiger partial charge on any atom is 0.173 e. The lowest BCUT2D eigenvalue weighted by Gasteiger charge is -2.12. The Morgan fingerprint density at radius 3 is 2.55 bits per heavy atom. The van der Waals surface area contributed by atoms with Crippen LogP contribution >= 0.6 is 34.9 Å². The Bertz CT molecular complexity index is 771. The van der Waals surface area contributed by atoms with E-state index in [0.717, 1.165) is 26.4 Å². The second kappa shape index (κ2) is 6.02. The zero-order chi connectivity index (χ0) is 15.7. The highest BCUT2D eigenvalue weighted by atomic mass is 35.5. The molecule has 0 N–H and O–H groups in total. The lowest BCUT2D eigenvalue weighted by molar-refractivity contribution is 0.546. The van der Waals surface area contributed by atoms with Crippen LogP contribution < -0.4 is 0 Å². The average Bonchev–Trinajstić information content (AvgIpc) is 3.09. The van der Waals surface area contributed by atoms with E-state index in [0.29, 0.717) is 0 Å². The van der Waals surface area contributed by atoms with E-state index in [1.165, 1.54) is 11.9 Å². The molecule has 7 heteroatoms. The summed E-state index contributed by atoms with van der Waals surface area (Å²) < 4.78 is 2.68. The van der Waals surface area contributed by atoms with Crippen LogP contribution in [-0.2, 0) is 5.41 Å². The predicted molar refractivity (Wildman–Crippen MR) is 92.5 cm³/mol. The fourth-order valence-corrected chi connectivity index (χ4v) is 3.50. The zero-order valence-corrected chi connectivity index (χ0v) is 14.8. The molecule has 4 nitrogen and oxygen atoms in total. The number of benzene rings is 1. The molecule has 0 spiro atoms.